The summed E-state index contributed by atoms with van der Waals surface area (Å²) < 4.78 is 91.3. The van der Waals surface area contributed by atoms with Crippen molar-refractivity contribution in [3.63, 3.8) is 0 Å². The highest BCUT2D eigenvalue weighted by Gasteiger charge is 2.14. The van der Waals surface area contributed by atoms with Crippen molar-refractivity contribution >= 4 is 30.4 Å². The first kappa shape index (κ1) is 21.7. The lowest BCUT2D eigenvalue weighted by molar-refractivity contribution is -0.900. The van der Waals surface area contributed by atoms with Gasteiger partial charge >= 0.3 is 0 Å². The van der Waals surface area contributed by atoms with Gasteiger partial charge in [-0.15, -0.1) is 0 Å². The van der Waals surface area contributed by atoms with Gasteiger partial charge in [-0.25, -0.2) is 8.42 Å². The normalized spacial score (nSPS) is 13.6. The molecular formula is C9H21NO9S3. The Balaban J connectivity index is 4.35. The van der Waals surface area contributed by atoms with Crippen LogP contribution in [0.3, 0.4) is 0 Å². The summed E-state index contributed by atoms with van der Waals surface area (Å²) in [6.45, 7) is 0.743. The fourth-order valence-corrected chi connectivity index (χ4v) is 3.40. The molecule has 0 rings (SSSR count). The molecule has 0 saturated heterocycles. The first-order chi connectivity index (χ1) is 9.79. The van der Waals surface area contributed by atoms with Crippen molar-refractivity contribution in [1.29, 1.82) is 0 Å². The lowest BCUT2D eigenvalue weighted by atomic mass is 10.3. The summed E-state index contributed by atoms with van der Waals surface area (Å²) in [7, 11) is -12.5. The molecule has 0 spiro atoms. The minimum absolute atomic E-state index is 0.0545. The number of rotatable bonds is 12. The largest absolute Gasteiger partial charge is 0.748 e. The van der Waals surface area contributed by atoms with E-state index >= 15 is 0 Å². The Morgan fingerprint density at radius 2 is 1.00 bits per heavy atom. The Bertz CT molecular complexity index is 533. The molecule has 134 valence electrons. The maximum Gasteiger partial charge on any atom is 0.265 e. The molecule has 10 nitrogen and oxygen atoms in total. The van der Waals surface area contributed by atoms with Crippen molar-refractivity contribution in [2.75, 3.05) is 36.9 Å². The van der Waals surface area contributed by atoms with Gasteiger partial charge in [0.15, 0.2) is 0 Å². The van der Waals surface area contributed by atoms with Crippen LogP contribution in [0.2, 0.25) is 0 Å². The van der Waals surface area contributed by atoms with E-state index in [1.165, 1.54) is 0 Å². The minimum Gasteiger partial charge on any atom is -0.748 e. The van der Waals surface area contributed by atoms with Crippen molar-refractivity contribution in [1.82, 2.24) is 0 Å². The van der Waals surface area contributed by atoms with E-state index in [9.17, 15) is 29.8 Å². The van der Waals surface area contributed by atoms with Crippen LogP contribution >= 0.6 is 0 Å². The number of quaternary nitrogens is 1. The number of hydrogen-bond acceptors (Lipinski definition) is 7. The van der Waals surface area contributed by atoms with Crippen molar-refractivity contribution in [3.8, 4) is 0 Å². The zero-order chi connectivity index (χ0) is 17.4. The molecule has 0 fully saturated rings. The third-order valence-electron chi connectivity index (χ3n) is 2.79. The van der Waals surface area contributed by atoms with Crippen LogP contribution in [0.5, 0.6) is 0 Å². The molecule has 0 aliphatic rings. The Kier molecular flexibility index (Phi) is 8.97. The van der Waals surface area contributed by atoms with Gasteiger partial charge in [-0.3, -0.25) is 9.11 Å². The molecule has 0 heterocycles. The van der Waals surface area contributed by atoms with Crippen LogP contribution in [0.1, 0.15) is 19.3 Å². The molecule has 0 saturated carbocycles. The van der Waals surface area contributed by atoms with E-state index in [1.54, 1.807) is 0 Å². The first-order valence-corrected chi connectivity index (χ1v) is 11.3. The maximum atomic E-state index is 10.6. The summed E-state index contributed by atoms with van der Waals surface area (Å²) in [5.74, 6) is -1.49. The van der Waals surface area contributed by atoms with Crippen LogP contribution in [0.25, 0.3) is 0 Å². The third kappa shape index (κ3) is 16.1. The molecule has 3 N–H and O–H groups in total. The van der Waals surface area contributed by atoms with Gasteiger partial charge in [0.25, 0.3) is 20.2 Å². The van der Waals surface area contributed by atoms with E-state index in [4.69, 9.17) is 9.11 Å². The molecule has 0 aromatic heterocycles. The zero-order valence-electron chi connectivity index (χ0n) is 11.8. The highest BCUT2D eigenvalue weighted by molar-refractivity contribution is 7.86. The molecule has 22 heavy (non-hydrogen) atoms. The average Bonchev–Trinajstić information content (AvgIpc) is 2.23. The lowest BCUT2D eigenvalue weighted by Crippen LogP contribution is -3.12. The quantitative estimate of drug-likeness (QED) is 0.305. The van der Waals surface area contributed by atoms with Gasteiger partial charge in [-0.2, -0.15) is 16.8 Å². The molecule has 13 heteroatoms. The summed E-state index contributed by atoms with van der Waals surface area (Å²) >= 11 is 0. The lowest BCUT2D eigenvalue weighted by Gasteiger charge is -2.19. The Morgan fingerprint density at radius 1 is 0.682 bits per heavy atom. The summed E-state index contributed by atoms with van der Waals surface area (Å²) in [6.07, 6.45) is 0.257. The van der Waals surface area contributed by atoms with Gasteiger partial charge in [0.1, 0.15) is 0 Å². The molecule has 0 amide bonds. The molecule has 0 radical (unpaired) electrons. The van der Waals surface area contributed by atoms with Gasteiger partial charge in [0, 0.05) is 25.0 Å². The van der Waals surface area contributed by atoms with E-state index in [2.05, 4.69) is 0 Å². The smallest absolute Gasteiger partial charge is 0.265 e. The van der Waals surface area contributed by atoms with Crippen molar-refractivity contribution in [2.45, 2.75) is 19.3 Å². The molecule has 0 unspecified atom stereocenters. The Labute approximate surface area is 130 Å². The second kappa shape index (κ2) is 9.10. The van der Waals surface area contributed by atoms with E-state index in [-0.39, 0.29) is 38.9 Å². The number of nitrogens with one attached hydrogen (secondary N) is 1. The second-order valence-corrected chi connectivity index (χ2v) is 9.56. The third-order valence-corrected chi connectivity index (χ3v) is 5.19. The van der Waals surface area contributed by atoms with E-state index in [0.717, 1.165) is 0 Å². The molecule has 0 aromatic carbocycles. The highest BCUT2D eigenvalue weighted by atomic mass is 32.2. The Hall–Kier alpha value is -0.310. The topological polar surface area (TPSA) is 170 Å². The fourth-order valence-electron chi connectivity index (χ4n) is 1.88. The van der Waals surface area contributed by atoms with Gasteiger partial charge in [-0.05, 0) is 0 Å². The average molecular weight is 383 g/mol. The SMILES string of the molecule is O=S(=O)([O-])CCC[NH+](CCCS(=O)(=O)O)CCCS(=O)(=O)O. The van der Waals surface area contributed by atoms with Crippen molar-refractivity contribution in [2.24, 2.45) is 0 Å². The van der Waals surface area contributed by atoms with E-state index in [1.807, 2.05) is 0 Å². The van der Waals surface area contributed by atoms with Gasteiger partial charge in [-0.1, -0.05) is 0 Å². The Morgan fingerprint density at radius 3 is 1.27 bits per heavy atom. The predicted molar refractivity (Wildman–Crippen MR) is 76.8 cm³/mol. The van der Waals surface area contributed by atoms with Gasteiger partial charge < -0.3 is 9.45 Å². The van der Waals surface area contributed by atoms with Crippen LogP contribution < -0.4 is 4.90 Å². The van der Waals surface area contributed by atoms with Crippen LogP contribution in [-0.2, 0) is 30.4 Å². The van der Waals surface area contributed by atoms with Crippen molar-refractivity contribution in [3.05, 3.63) is 0 Å². The van der Waals surface area contributed by atoms with Crippen LogP contribution in [-0.4, -0.2) is 75.8 Å². The highest BCUT2D eigenvalue weighted by Crippen LogP contribution is 1.89. The fraction of sp³-hybridized carbons (Fsp3) is 1.00. The molecule has 0 atom stereocenters. The maximum absolute atomic E-state index is 10.6. The molecule has 0 aliphatic heterocycles. The molecule has 0 bridgehead atoms. The second-order valence-electron chi connectivity index (χ2n) is 4.89. The van der Waals surface area contributed by atoms with Crippen LogP contribution in [0, 0.1) is 0 Å². The van der Waals surface area contributed by atoms with Gasteiger partial charge in [0.05, 0.1) is 41.3 Å². The summed E-state index contributed by atoms with van der Waals surface area (Å²) in [6, 6.07) is 0. The monoisotopic (exact) mass is 383 g/mol. The summed E-state index contributed by atoms with van der Waals surface area (Å²) in [5.41, 5.74) is 0. The zero-order valence-corrected chi connectivity index (χ0v) is 14.3. The van der Waals surface area contributed by atoms with E-state index < -0.39 is 47.6 Å². The van der Waals surface area contributed by atoms with Crippen LogP contribution in [0.4, 0.5) is 0 Å². The van der Waals surface area contributed by atoms with E-state index in [0.29, 0.717) is 4.90 Å². The minimum atomic E-state index is -4.34. The van der Waals surface area contributed by atoms with Crippen molar-refractivity contribution < 1.29 is 43.8 Å². The standard InChI is InChI=1S/C9H21NO9S3/c11-20(12,13)7-1-4-10(5-2-8-21(14,15)16)6-3-9-22(17,18)19/h1-9H2,(H,11,12,13)(H,14,15,16)(H,17,18,19). The summed E-state index contributed by atoms with van der Waals surface area (Å²) in [4.78, 5) is 0.691. The first-order valence-electron chi connectivity index (χ1n) is 6.46. The molecular weight excluding hydrogens is 362 g/mol. The van der Waals surface area contributed by atoms with Gasteiger partial charge in [0.2, 0.25) is 0 Å². The van der Waals surface area contributed by atoms with Crippen LogP contribution in [0.15, 0.2) is 0 Å². The predicted octanol–water partition coefficient (Wildman–Crippen LogP) is -2.64. The molecule has 0 aliphatic carbocycles. The number of hydrogen-bond donors (Lipinski definition) is 3. The summed E-state index contributed by atoms with van der Waals surface area (Å²) in [5, 5.41) is 0. The molecule has 0 aromatic rings.